The summed E-state index contributed by atoms with van der Waals surface area (Å²) in [6.45, 7) is 5.56. The quantitative estimate of drug-likeness (QED) is 0.182. The second-order valence-electron chi connectivity index (χ2n) is 14.0. The summed E-state index contributed by atoms with van der Waals surface area (Å²) in [5, 5.41) is 18.8. The van der Waals surface area contributed by atoms with Crippen molar-refractivity contribution in [2.75, 3.05) is 26.9 Å². The smallest absolute Gasteiger partial charge is 0.422 e. The number of hydrogen-bond acceptors (Lipinski definition) is 10. The van der Waals surface area contributed by atoms with Crippen LogP contribution < -0.4 is 16.1 Å². The van der Waals surface area contributed by atoms with Crippen LogP contribution in [-0.2, 0) is 36.7 Å². The van der Waals surface area contributed by atoms with Gasteiger partial charge in [-0.2, -0.15) is 0 Å². The number of hydrazine groups is 1. The third kappa shape index (κ3) is 10.4. The van der Waals surface area contributed by atoms with Crippen molar-refractivity contribution in [3.05, 3.63) is 89.0 Å². The molecule has 3 aromatic rings. The zero-order valence-electron chi connectivity index (χ0n) is 29.5. The standard InChI is InChI=1S/C37H45ClFN5O8/c1-37(2,3)32(42-35(47)49-4)33(46)41-29(16-22-7-9-23(10-8-22)24-6-5-14-40-18-24)30(45)20-44(19-25-11-12-26(38)17-28(25)39)43-36(48)52-31-21-51-34-27(31)13-15-50-34/h5-12,14,17-18,27,29-32,34,45H,13,15-16,19-21H2,1-4H3,(H,41,46)(H,42,47)(H,43,48). The van der Waals surface area contributed by atoms with E-state index in [2.05, 4.69) is 21.0 Å². The lowest BCUT2D eigenvalue weighted by molar-refractivity contribution is -0.127. The van der Waals surface area contributed by atoms with E-state index in [1.54, 1.807) is 33.2 Å². The highest BCUT2D eigenvalue weighted by molar-refractivity contribution is 6.30. The first kappa shape index (κ1) is 38.9. The Morgan fingerprint density at radius 1 is 1.08 bits per heavy atom. The lowest BCUT2D eigenvalue weighted by atomic mass is 9.85. The Balaban J connectivity index is 1.38. The van der Waals surface area contributed by atoms with Gasteiger partial charge in [-0.1, -0.05) is 68.8 Å². The SMILES string of the molecule is COC(=O)NC(C(=O)NC(Cc1ccc(-c2cccnc2)cc1)C(O)CN(Cc1ccc(Cl)cc1F)NC(=O)OC1COC2OCCC12)C(C)(C)C. The highest BCUT2D eigenvalue weighted by atomic mass is 35.5. The second kappa shape index (κ2) is 17.5. The summed E-state index contributed by atoms with van der Waals surface area (Å²) in [5.41, 5.74) is 4.72. The maximum atomic E-state index is 15.0. The lowest BCUT2D eigenvalue weighted by Gasteiger charge is -2.34. The molecule has 280 valence electrons. The molecule has 2 saturated heterocycles. The number of carbonyl (C=O) groups excluding carboxylic acids is 3. The Kier molecular flexibility index (Phi) is 13.0. The largest absolute Gasteiger partial charge is 0.453 e. The zero-order valence-corrected chi connectivity index (χ0v) is 30.3. The fourth-order valence-corrected chi connectivity index (χ4v) is 6.38. The van der Waals surface area contributed by atoms with Gasteiger partial charge < -0.3 is 34.7 Å². The number of carbonyl (C=O) groups is 3. The van der Waals surface area contributed by atoms with E-state index in [0.717, 1.165) is 22.8 Å². The number of benzene rings is 2. The van der Waals surface area contributed by atoms with E-state index in [0.29, 0.717) is 13.0 Å². The molecule has 6 atom stereocenters. The number of rotatable bonds is 13. The minimum atomic E-state index is -1.33. The Bertz CT molecular complexity index is 1680. The van der Waals surface area contributed by atoms with E-state index < -0.39 is 59.9 Å². The summed E-state index contributed by atoms with van der Waals surface area (Å²) >= 11 is 5.99. The van der Waals surface area contributed by atoms with Gasteiger partial charge in [0.1, 0.15) is 18.0 Å². The number of nitrogens with zero attached hydrogens (tertiary/aromatic N) is 2. The van der Waals surface area contributed by atoms with Crippen LogP contribution in [0.5, 0.6) is 0 Å². The summed E-state index contributed by atoms with van der Waals surface area (Å²) in [6, 6.07) is 13.5. The summed E-state index contributed by atoms with van der Waals surface area (Å²) < 4.78 is 36.6. The third-order valence-corrected chi connectivity index (χ3v) is 9.28. The zero-order chi connectivity index (χ0) is 37.4. The number of amides is 3. The van der Waals surface area contributed by atoms with Gasteiger partial charge >= 0.3 is 12.2 Å². The van der Waals surface area contributed by atoms with Gasteiger partial charge in [0.2, 0.25) is 5.91 Å². The Hall–Kier alpha value is -4.34. The molecule has 2 aliphatic rings. The molecule has 5 rings (SSSR count). The van der Waals surface area contributed by atoms with E-state index in [-0.39, 0.29) is 42.6 Å². The maximum absolute atomic E-state index is 15.0. The van der Waals surface area contributed by atoms with Crippen LogP contribution >= 0.6 is 11.6 Å². The molecule has 0 radical (unpaired) electrons. The molecule has 52 heavy (non-hydrogen) atoms. The van der Waals surface area contributed by atoms with Crippen molar-refractivity contribution in [2.45, 2.75) is 70.7 Å². The number of nitrogens with one attached hydrogen (secondary N) is 3. The number of aliphatic hydroxyl groups excluding tert-OH is 1. The predicted molar refractivity (Wildman–Crippen MR) is 189 cm³/mol. The number of pyridine rings is 1. The maximum Gasteiger partial charge on any atom is 0.422 e. The van der Waals surface area contributed by atoms with Gasteiger partial charge in [-0.05, 0) is 53.1 Å². The van der Waals surface area contributed by atoms with Crippen molar-refractivity contribution >= 4 is 29.7 Å². The van der Waals surface area contributed by atoms with Crippen LogP contribution in [-0.4, -0.2) is 90.6 Å². The molecular weight excluding hydrogens is 697 g/mol. The summed E-state index contributed by atoms with van der Waals surface area (Å²) in [7, 11) is 1.20. The van der Waals surface area contributed by atoms with Crippen molar-refractivity contribution in [1.82, 2.24) is 26.1 Å². The molecule has 3 heterocycles. The molecule has 6 unspecified atom stereocenters. The predicted octanol–water partition coefficient (Wildman–Crippen LogP) is 4.60. The molecule has 2 fully saturated rings. The lowest BCUT2D eigenvalue weighted by Crippen LogP contribution is -2.59. The first-order valence-electron chi connectivity index (χ1n) is 17.0. The number of ether oxygens (including phenoxy) is 4. The van der Waals surface area contributed by atoms with Gasteiger partial charge in [-0.25, -0.2) is 19.0 Å². The fourth-order valence-electron chi connectivity index (χ4n) is 6.22. The molecule has 4 N–H and O–H groups in total. The van der Waals surface area contributed by atoms with E-state index in [1.165, 1.54) is 24.3 Å². The molecule has 0 saturated carbocycles. The van der Waals surface area contributed by atoms with E-state index in [1.807, 2.05) is 36.4 Å². The van der Waals surface area contributed by atoms with Crippen LogP contribution in [0, 0.1) is 17.2 Å². The number of alkyl carbamates (subject to hydrolysis) is 1. The van der Waals surface area contributed by atoms with Crippen LogP contribution in [0.2, 0.25) is 5.02 Å². The van der Waals surface area contributed by atoms with Crippen molar-refractivity contribution < 1.29 is 42.8 Å². The number of hydrogen-bond donors (Lipinski definition) is 4. The van der Waals surface area contributed by atoms with Gasteiger partial charge in [0, 0.05) is 36.1 Å². The number of methoxy groups -OCH3 is 1. The van der Waals surface area contributed by atoms with E-state index >= 15 is 4.39 Å². The van der Waals surface area contributed by atoms with Gasteiger partial charge in [0.15, 0.2) is 6.29 Å². The normalized spacial score (nSPS) is 20.0. The first-order chi connectivity index (χ1) is 24.8. The van der Waals surface area contributed by atoms with Crippen molar-refractivity contribution in [3.8, 4) is 11.1 Å². The molecule has 3 amide bonds. The number of halogens is 2. The first-order valence-corrected chi connectivity index (χ1v) is 17.4. The minimum Gasteiger partial charge on any atom is -0.453 e. The molecule has 0 spiro atoms. The van der Waals surface area contributed by atoms with Gasteiger partial charge in [-0.15, -0.1) is 0 Å². The Morgan fingerprint density at radius 2 is 1.85 bits per heavy atom. The summed E-state index contributed by atoms with van der Waals surface area (Å²) in [6.07, 6.45) is 0.324. The Morgan fingerprint density at radius 3 is 2.52 bits per heavy atom. The average Bonchev–Trinajstić information content (AvgIpc) is 3.73. The van der Waals surface area contributed by atoms with Crippen molar-refractivity contribution in [3.63, 3.8) is 0 Å². The van der Waals surface area contributed by atoms with Crippen LogP contribution in [0.1, 0.15) is 38.3 Å². The molecule has 0 bridgehead atoms. The molecule has 15 heteroatoms. The van der Waals surface area contributed by atoms with E-state index in [4.69, 9.17) is 30.5 Å². The van der Waals surface area contributed by atoms with Gasteiger partial charge in [-0.3, -0.25) is 15.2 Å². The molecule has 1 aromatic heterocycles. The molecule has 2 aromatic carbocycles. The Labute approximate surface area is 307 Å². The molecule has 13 nitrogen and oxygen atoms in total. The number of aliphatic hydroxyl groups is 1. The van der Waals surface area contributed by atoms with Crippen LogP contribution in [0.25, 0.3) is 11.1 Å². The van der Waals surface area contributed by atoms with E-state index in [9.17, 15) is 19.5 Å². The van der Waals surface area contributed by atoms with Crippen LogP contribution in [0.3, 0.4) is 0 Å². The molecule has 2 aliphatic heterocycles. The van der Waals surface area contributed by atoms with Crippen molar-refractivity contribution in [2.24, 2.45) is 11.3 Å². The number of aromatic nitrogens is 1. The summed E-state index contributed by atoms with van der Waals surface area (Å²) in [5.74, 6) is -1.29. The van der Waals surface area contributed by atoms with Gasteiger partial charge in [0.25, 0.3) is 0 Å². The van der Waals surface area contributed by atoms with Crippen LogP contribution in [0.15, 0.2) is 67.0 Å². The summed E-state index contributed by atoms with van der Waals surface area (Å²) in [4.78, 5) is 43.4. The monoisotopic (exact) mass is 741 g/mol. The average molecular weight is 742 g/mol. The topological polar surface area (TPSA) is 161 Å². The van der Waals surface area contributed by atoms with Crippen molar-refractivity contribution in [1.29, 1.82) is 0 Å². The van der Waals surface area contributed by atoms with Crippen LogP contribution in [0.4, 0.5) is 14.0 Å². The number of fused-ring (bicyclic) bond motifs is 1. The highest BCUT2D eigenvalue weighted by Gasteiger charge is 2.44. The third-order valence-electron chi connectivity index (χ3n) is 9.05. The fraction of sp³-hybridized carbons (Fsp3) is 0.459. The molecule has 0 aliphatic carbocycles. The second-order valence-corrected chi connectivity index (χ2v) is 14.4. The molecular formula is C37H45ClFN5O8. The van der Waals surface area contributed by atoms with Gasteiger partial charge in [0.05, 0.1) is 38.4 Å². The highest BCUT2D eigenvalue weighted by Crippen LogP contribution is 2.33. The minimum absolute atomic E-state index is 0.114.